The van der Waals surface area contributed by atoms with Gasteiger partial charge in [-0.25, -0.2) is 9.69 Å². The fourth-order valence-corrected chi connectivity index (χ4v) is 3.95. The minimum atomic E-state index is -0.875. The third kappa shape index (κ3) is 4.40. The number of anilines is 1. The summed E-state index contributed by atoms with van der Waals surface area (Å²) in [5.74, 6) is -0.567. The SMILES string of the molecule is CCOc1cc(/C=C2\C(=O)NC(=O)N(c3ccc(Cl)c(Cl)c3)C2=O)cc(I)c1OC. The van der Waals surface area contributed by atoms with Crippen LogP contribution in [0.4, 0.5) is 10.5 Å². The quantitative estimate of drug-likeness (QED) is 0.326. The molecular weight excluding hydrogens is 546 g/mol. The smallest absolute Gasteiger partial charge is 0.335 e. The average Bonchev–Trinajstić information content (AvgIpc) is 2.68. The molecule has 1 fully saturated rings. The summed E-state index contributed by atoms with van der Waals surface area (Å²) in [4.78, 5) is 38.5. The lowest BCUT2D eigenvalue weighted by atomic mass is 10.1. The van der Waals surface area contributed by atoms with Crippen molar-refractivity contribution in [2.45, 2.75) is 6.92 Å². The lowest BCUT2D eigenvalue weighted by Crippen LogP contribution is -2.54. The normalized spacial score (nSPS) is 15.4. The van der Waals surface area contributed by atoms with Gasteiger partial charge in [0.1, 0.15) is 5.57 Å². The monoisotopic (exact) mass is 560 g/mol. The first-order valence-electron chi connectivity index (χ1n) is 8.63. The van der Waals surface area contributed by atoms with Gasteiger partial charge in [-0.1, -0.05) is 23.2 Å². The molecule has 3 rings (SSSR count). The van der Waals surface area contributed by atoms with E-state index in [1.54, 1.807) is 12.1 Å². The van der Waals surface area contributed by atoms with Crippen LogP contribution < -0.4 is 19.7 Å². The number of imide groups is 2. The lowest BCUT2D eigenvalue weighted by molar-refractivity contribution is -0.122. The van der Waals surface area contributed by atoms with E-state index in [0.717, 1.165) is 8.47 Å². The Hall–Kier alpha value is -2.30. The first-order chi connectivity index (χ1) is 14.3. The number of amides is 4. The largest absolute Gasteiger partial charge is 0.492 e. The van der Waals surface area contributed by atoms with Gasteiger partial charge in [0.2, 0.25) is 0 Å². The second-order valence-electron chi connectivity index (χ2n) is 6.02. The first kappa shape index (κ1) is 22.4. The van der Waals surface area contributed by atoms with Crippen LogP contribution >= 0.6 is 45.8 Å². The molecule has 7 nitrogen and oxygen atoms in total. The molecule has 1 N–H and O–H groups in total. The Bertz CT molecular complexity index is 1090. The minimum Gasteiger partial charge on any atom is -0.492 e. The van der Waals surface area contributed by atoms with Crippen molar-refractivity contribution in [1.82, 2.24) is 5.32 Å². The van der Waals surface area contributed by atoms with E-state index in [1.165, 1.54) is 31.4 Å². The van der Waals surface area contributed by atoms with Crippen LogP contribution in [0.1, 0.15) is 12.5 Å². The van der Waals surface area contributed by atoms with Gasteiger partial charge in [-0.3, -0.25) is 14.9 Å². The highest BCUT2D eigenvalue weighted by atomic mass is 127. The maximum absolute atomic E-state index is 13.0. The fraction of sp³-hybridized carbons (Fsp3) is 0.150. The molecule has 1 aliphatic heterocycles. The Morgan fingerprint density at radius 1 is 1.13 bits per heavy atom. The zero-order valence-corrected chi connectivity index (χ0v) is 19.5. The summed E-state index contributed by atoms with van der Waals surface area (Å²) in [6.07, 6.45) is 1.39. The van der Waals surface area contributed by atoms with Gasteiger partial charge >= 0.3 is 6.03 Å². The topological polar surface area (TPSA) is 84.9 Å². The van der Waals surface area contributed by atoms with Crippen LogP contribution in [0.15, 0.2) is 35.9 Å². The van der Waals surface area contributed by atoms with Crippen molar-refractivity contribution in [1.29, 1.82) is 0 Å². The number of rotatable bonds is 5. The molecule has 0 bridgehead atoms. The van der Waals surface area contributed by atoms with Crippen molar-refractivity contribution >= 4 is 75.4 Å². The molecule has 0 aliphatic carbocycles. The van der Waals surface area contributed by atoms with Crippen molar-refractivity contribution in [3.63, 3.8) is 0 Å². The first-order valence-corrected chi connectivity index (χ1v) is 10.5. The number of carbonyl (C=O) groups is 3. The molecule has 30 heavy (non-hydrogen) atoms. The molecular formula is C20H15Cl2IN2O5. The third-order valence-corrected chi connectivity index (χ3v) is 5.65. The van der Waals surface area contributed by atoms with Crippen molar-refractivity contribution in [3.05, 3.63) is 55.1 Å². The molecule has 1 aliphatic rings. The molecule has 0 atom stereocenters. The molecule has 0 radical (unpaired) electrons. The average molecular weight is 561 g/mol. The highest BCUT2D eigenvalue weighted by molar-refractivity contribution is 14.1. The van der Waals surface area contributed by atoms with E-state index in [2.05, 4.69) is 27.9 Å². The van der Waals surface area contributed by atoms with E-state index < -0.39 is 17.8 Å². The molecule has 156 valence electrons. The molecule has 0 saturated carbocycles. The van der Waals surface area contributed by atoms with Gasteiger partial charge in [0.15, 0.2) is 11.5 Å². The Kier molecular flexibility index (Phi) is 6.89. The number of carbonyl (C=O) groups excluding carboxylic acids is 3. The Morgan fingerprint density at radius 2 is 1.87 bits per heavy atom. The van der Waals surface area contributed by atoms with E-state index in [0.29, 0.717) is 23.7 Å². The second kappa shape index (κ2) is 9.23. The summed E-state index contributed by atoms with van der Waals surface area (Å²) in [5, 5.41) is 2.61. The highest BCUT2D eigenvalue weighted by Gasteiger charge is 2.37. The number of halogens is 3. The Morgan fingerprint density at radius 3 is 2.50 bits per heavy atom. The van der Waals surface area contributed by atoms with Gasteiger partial charge in [-0.05, 0) is 71.5 Å². The maximum Gasteiger partial charge on any atom is 0.335 e. The van der Waals surface area contributed by atoms with Gasteiger partial charge < -0.3 is 9.47 Å². The number of benzene rings is 2. The van der Waals surface area contributed by atoms with E-state index in [9.17, 15) is 14.4 Å². The Labute approximate surface area is 196 Å². The van der Waals surface area contributed by atoms with Gasteiger partial charge in [0.05, 0.1) is 33.0 Å². The molecule has 1 heterocycles. The summed E-state index contributed by atoms with van der Waals surface area (Å²) in [7, 11) is 1.52. The highest BCUT2D eigenvalue weighted by Crippen LogP contribution is 2.35. The van der Waals surface area contributed by atoms with E-state index in [4.69, 9.17) is 32.7 Å². The van der Waals surface area contributed by atoms with Crippen molar-refractivity contribution in [2.24, 2.45) is 0 Å². The van der Waals surface area contributed by atoms with E-state index in [-0.39, 0.29) is 21.3 Å². The van der Waals surface area contributed by atoms with Crippen LogP contribution in [0.2, 0.25) is 10.0 Å². The summed E-state index contributed by atoms with van der Waals surface area (Å²) >= 11 is 14.0. The number of hydrogen-bond acceptors (Lipinski definition) is 5. The van der Waals surface area contributed by atoms with Crippen molar-refractivity contribution in [3.8, 4) is 11.5 Å². The van der Waals surface area contributed by atoms with Crippen molar-refractivity contribution in [2.75, 3.05) is 18.6 Å². The van der Waals surface area contributed by atoms with Crippen LogP contribution in [-0.2, 0) is 9.59 Å². The second-order valence-corrected chi connectivity index (χ2v) is 8.00. The maximum atomic E-state index is 13.0. The van der Waals surface area contributed by atoms with Crippen LogP contribution in [0.3, 0.4) is 0 Å². The molecule has 0 spiro atoms. The molecule has 0 unspecified atom stereocenters. The number of hydrogen-bond donors (Lipinski definition) is 1. The third-order valence-electron chi connectivity index (χ3n) is 4.11. The molecule has 0 aromatic heterocycles. The number of nitrogens with one attached hydrogen (secondary N) is 1. The summed E-state index contributed by atoms with van der Waals surface area (Å²) in [5.41, 5.74) is 0.499. The van der Waals surface area contributed by atoms with Crippen LogP contribution in [-0.4, -0.2) is 31.6 Å². The minimum absolute atomic E-state index is 0.170. The zero-order valence-electron chi connectivity index (χ0n) is 15.8. The summed E-state index contributed by atoms with van der Waals surface area (Å²) in [6.45, 7) is 2.24. The van der Waals surface area contributed by atoms with Crippen LogP contribution in [0, 0.1) is 3.57 Å². The summed E-state index contributed by atoms with van der Waals surface area (Å²) < 4.78 is 11.7. The Balaban J connectivity index is 2.05. The standard InChI is InChI=1S/C20H15Cl2IN2O5/c1-3-30-16-8-10(7-15(23)17(16)29-2)6-12-18(26)24-20(28)25(19(12)27)11-4-5-13(21)14(22)9-11/h4-9H,3H2,1-2H3,(H,24,26,28)/b12-6+. The number of ether oxygens (including phenoxy) is 2. The number of methoxy groups -OCH3 is 1. The molecule has 2 aromatic carbocycles. The molecule has 2 aromatic rings. The fourth-order valence-electron chi connectivity index (χ4n) is 2.82. The molecule has 10 heteroatoms. The lowest BCUT2D eigenvalue weighted by Gasteiger charge is -2.26. The van der Waals surface area contributed by atoms with Gasteiger partial charge in [-0.2, -0.15) is 0 Å². The molecule has 1 saturated heterocycles. The predicted molar refractivity (Wildman–Crippen MR) is 122 cm³/mol. The van der Waals surface area contributed by atoms with E-state index in [1.807, 2.05) is 6.92 Å². The zero-order chi connectivity index (χ0) is 22.0. The van der Waals surface area contributed by atoms with E-state index >= 15 is 0 Å². The number of barbiturate groups is 1. The van der Waals surface area contributed by atoms with Crippen molar-refractivity contribution < 1.29 is 23.9 Å². The van der Waals surface area contributed by atoms with Crippen LogP contribution in [0.5, 0.6) is 11.5 Å². The van der Waals surface area contributed by atoms with Gasteiger partial charge in [-0.15, -0.1) is 0 Å². The predicted octanol–water partition coefficient (Wildman–Crippen LogP) is 4.67. The number of urea groups is 1. The summed E-state index contributed by atoms with van der Waals surface area (Å²) in [6, 6.07) is 6.80. The van der Waals surface area contributed by atoms with Crippen LogP contribution in [0.25, 0.3) is 6.08 Å². The van der Waals surface area contributed by atoms with Gasteiger partial charge in [0, 0.05) is 0 Å². The number of nitrogens with zero attached hydrogens (tertiary/aromatic N) is 1. The van der Waals surface area contributed by atoms with Gasteiger partial charge in [0.25, 0.3) is 11.8 Å². The molecule has 4 amide bonds.